The third kappa shape index (κ3) is 21.7. The Kier molecular flexibility index (Phi) is 23.7. The molecule has 0 amide bonds. The van der Waals surface area contributed by atoms with Crippen LogP contribution >= 0.6 is 0 Å². The summed E-state index contributed by atoms with van der Waals surface area (Å²) in [6.45, 7) is 7.51. The van der Waals surface area contributed by atoms with E-state index in [0.717, 1.165) is 44.6 Å². The SMILES string of the molecule is C=CC(=O)OCCCCCCC(=O)OC(COCCOc1cccc(OCCOCC(COc2ccccc2)OC(=O)CCCCC)c1)COc1ccccc1. The molecule has 0 saturated heterocycles. The topological polar surface area (TPSA) is 134 Å². The fraction of sp³-hybridized carbons (Fsp3) is 0.477. The molecule has 0 aliphatic rings. The second-order valence-electron chi connectivity index (χ2n) is 12.8. The second kappa shape index (κ2) is 29.2. The minimum atomic E-state index is -0.607. The summed E-state index contributed by atoms with van der Waals surface area (Å²) >= 11 is 0. The lowest BCUT2D eigenvalue weighted by Gasteiger charge is -2.19. The molecule has 3 aromatic rings. The molecule has 12 nitrogen and oxygen atoms in total. The standard InChI is InChI=1S/C44H58O12/c1-3-5-10-24-43(46)55-40(34-53-36-18-11-8-12-19-36)32-48-27-29-50-38-22-17-23-39(31-38)51-30-28-49-33-41(35-54-37-20-13-9-14-21-37)56-44(47)25-15-6-7-16-26-52-42(45)4-2/h4,8-9,11-14,17-23,31,40-41H,2-3,5-7,10,15-16,24-30,32-35H2,1H3. The Labute approximate surface area is 331 Å². The zero-order valence-electron chi connectivity index (χ0n) is 32.6. The maximum Gasteiger partial charge on any atom is 0.330 e. The van der Waals surface area contributed by atoms with Gasteiger partial charge >= 0.3 is 17.9 Å². The van der Waals surface area contributed by atoms with Crippen molar-refractivity contribution in [3.05, 3.63) is 97.6 Å². The van der Waals surface area contributed by atoms with Crippen molar-refractivity contribution in [3.63, 3.8) is 0 Å². The zero-order valence-corrected chi connectivity index (χ0v) is 32.6. The smallest absolute Gasteiger partial charge is 0.330 e. The van der Waals surface area contributed by atoms with Crippen molar-refractivity contribution in [2.45, 2.75) is 76.9 Å². The van der Waals surface area contributed by atoms with Crippen LogP contribution in [-0.4, -0.2) is 89.6 Å². The molecule has 2 atom stereocenters. The van der Waals surface area contributed by atoms with Crippen LogP contribution in [0.5, 0.6) is 23.0 Å². The van der Waals surface area contributed by atoms with Crippen LogP contribution in [0.25, 0.3) is 0 Å². The van der Waals surface area contributed by atoms with Gasteiger partial charge in [0.1, 0.15) is 49.4 Å². The van der Waals surface area contributed by atoms with Crippen molar-refractivity contribution in [3.8, 4) is 23.0 Å². The van der Waals surface area contributed by atoms with Gasteiger partial charge in [0.25, 0.3) is 0 Å². The molecule has 0 radical (unpaired) electrons. The molecule has 0 aliphatic carbocycles. The van der Waals surface area contributed by atoms with E-state index in [1.165, 1.54) is 0 Å². The molecule has 12 heteroatoms. The second-order valence-corrected chi connectivity index (χ2v) is 12.8. The van der Waals surface area contributed by atoms with E-state index in [1.807, 2.05) is 78.9 Å². The maximum absolute atomic E-state index is 12.6. The highest BCUT2D eigenvalue weighted by Gasteiger charge is 2.18. The van der Waals surface area contributed by atoms with Crippen molar-refractivity contribution in [1.82, 2.24) is 0 Å². The third-order valence-corrected chi connectivity index (χ3v) is 8.03. The van der Waals surface area contributed by atoms with E-state index in [-0.39, 0.29) is 71.2 Å². The number of unbranched alkanes of at least 4 members (excludes halogenated alkanes) is 5. The first kappa shape index (κ1) is 45.3. The third-order valence-electron chi connectivity index (χ3n) is 8.03. The number of para-hydroxylation sites is 2. The Hall–Kier alpha value is -5.07. The molecule has 56 heavy (non-hydrogen) atoms. The lowest BCUT2D eigenvalue weighted by atomic mass is 10.1. The van der Waals surface area contributed by atoms with E-state index < -0.39 is 18.2 Å². The number of hydrogen-bond acceptors (Lipinski definition) is 12. The van der Waals surface area contributed by atoms with Crippen LogP contribution in [0.4, 0.5) is 0 Å². The first-order chi connectivity index (χ1) is 27.4. The van der Waals surface area contributed by atoms with Crippen LogP contribution in [0, 0.1) is 0 Å². The Balaban J connectivity index is 1.35. The average Bonchev–Trinajstić information content (AvgIpc) is 3.22. The first-order valence-electron chi connectivity index (χ1n) is 19.5. The molecule has 3 aromatic carbocycles. The van der Waals surface area contributed by atoms with Gasteiger partial charge in [0.2, 0.25) is 0 Å². The van der Waals surface area contributed by atoms with Crippen LogP contribution in [0.3, 0.4) is 0 Å². The van der Waals surface area contributed by atoms with Gasteiger partial charge in [-0.05, 0) is 55.7 Å². The molecule has 0 spiro atoms. The summed E-state index contributed by atoms with van der Waals surface area (Å²) < 4.78 is 51.3. The highest BCUT2D eigenvalue weighted by molar-refractivity contribution is 5.81. The van der Waals surface area contributed by atoms with Crippen LogP contribution in [-0.2, 0) is 38.1 Å². The molecule has 3 rings (SSSR count). The number of ether oxygens (including phenoxy) is 9. The molecule has 0 heterocycles. The molecule has 0 aliphatic heterocycles. The Morgan fingerprint density at radius 3 is 1.52 bits per heavy atom. The predicted octanol–water partition coefficient (Wildman–Crippen LogP) is 7.72. The van der Waals surface area contributed by atoms with Crippen molar-refractivity contribution >= 4 is 17.9 Å². The summed E-state index contributed by atoms with van der Waals surface area (Å²) in [7, 11) is 0. The molecule has 306 valence electrons. The summed E-state index contributed by atoms with van der Waals surface area (Å²) in [5, 5.41) is 0. The maximum atomic E-state index is 12.6. The van der Waals surface area contributed by atoms with Gasteiger partial charge in [-0.1, -0.05) is 81.7 Å². The van der Waals surface area contributed by atoms with E-state index in [4.69, 9.17) is 42.6 Å². The van der Waals surface area contributed by atoms with E-state index in [0.29, 0.717) is 42.4 Å². The van der Waals surface area contributed by atoms with Gasteiger partial charge in [-0.2, -0.15) is 0 Å². The minimum absolute atomic E-state index is 0.136. The van der Waals surface area contributed by atoms with Gasteiger partial charge < -0.3 is 42.6 Å². The number of carbonyl (C=O) groups excluding carboxylic acids is 3. The molecule has 0 bridgehead atoms. The largest absolute Gasteiger partial charge is 0.491 e. The summed E-state index contributed by atoms with van der Waals surface area (Å²) in [6, 6.07) is 25.9. The first-order valence-corrected chi connectivity index (χ1v) is 19.5. The molecule has 0 fully saturated rings. The van der Waals surface area contributed by atoms with Crippen LogP contribution in [0.2, 0.25) is 0 Å². The normalized spacial score (nSPS) is 11.8. The fourth-order valence-electron chi connectivity index (χ4n) is 5.13. The lowest BCUT2D eigenvalue weighted by molar-refractivity contribution is -0.155. The molecule has 0 N–H and O–H groups in total. The fourth-order valence-corrected chi connectivity index (χ4v) is 5.13. The quantitative estimate of drug-likeness (QED) is 0.0266. The van der Waals surface area contributed by atoms with Gasteiger partial charge in [0.05, 0.1) is 33.0 Å². The number of carbonyl (C=O) groups is 3. The van der Waals surface area contributed by atoms with Crippen LogP contribution in [0.1, 0.15) is 64.7 Å². The highest BCUT2D eigenvalue weighted by Crippen LogP contribution is 2.20. The number of esters is 3. The number of rotatable bonds is 32. The summed E-state index contributed by atoms with van der Waals surface area (Å²) in [5.41, 5.74) is 0. The van der Waals surface area contributed by atoms with E-state index in [1.54, 1.807) is 6.07 Å². The van der Waals surface area contributed by atoms with Crippen molar-refractivity contribution in [2.75, 3.05) is 59.5 Å². The minimum Gasteiger partial charge on any atom is -0.491 e. The zero-order chi connectivity index (χ0) is 39.9. The van der Waals surface area contributed by atoms with Crippen molar-refractivity contribution in [1.29, 1.82) is 0 Å². The van der Waals surface area contributed by atoms with Crippen LogP contribution in [0.15, 0.2) is 97.6 Å². The van der Waals surface area contributed by atoms with E-state index in [9.17, 15) is 14.4 Å². The lowest BCUT2D eigenvalue weighted by Crippen LogP contribution is -2.30. The average molecular weight is 779 g/mol. The summed E-state index contributed by atoms with van der Waals surface area (Å²) in [4.78, 5) is 36.1. The molecule has 0 aromatic heterocycles. The van der Waals surface area contributed by atoms with E-state index in [2.05, 4.69) is 13.5 Å². The molecule has 0 saturated carbocycles. The molecule has 2 unspecified atom stereocenters. The molecular weight excluding hydrogens is 720 g/mol. The van der Waals surface area contributed by atoms with Crippen LogP contribution < -0.4 is 18.9 Å². The highest BCUT2D eigenvalue weighted by atomic mass is 16.6. The predicted molar refractivity (Wildman–Crippen MR) is 211 cm³/mol. The monoisotopic (exact) mass is 778 g/mol. The van der Waals surface area contributed by atoms with Gasteiger partial charge in [0.15, 0.2) is 12.2 Å². The van der Waals surface area contributed by atoms with Gasteiger partial charge in [0, 0.05) is 25.0 Å². The van der Waals surface area contributed by atoms with E-state index >= 15 is 0 Å². The Morgan fingerprint density at radius 1 is 0.536 bits per heavy atom. The van der Waals surface area contributed by atoms with Gasteiger partial charge in [-0.3, -0.25) is 9.59 Å². The Bertz CT molecular complexity index is 1500. The molecular formula is C44H58O12. The van der Waals surface area contributed by atoms with Gasteiger partial charge in [-0.15, -0.1) is 0 Å². The number of benzene rings is 3. The van der Waals surface area contributed by atoms with Gasteiger partial charge in [-0.25, -0.2) is 4.79 Å². The number of hydrogen-bond donors (Lipinski definition) is 0. The van der Waals surface area contributed by atoms with Crippen molar-refractivity contribution in [2.24, 2.45) is 0 Å². The Morgan fingerprint density at radius 2 is 1.02 bits per heavy atom. The summed E-state index contributed by atoms with van der Waals surface area (Å²) in [6.07, 6.45) is 6.42. The van der Waals surface area contributed by atoms with Crippen molar-refractivity contribution < 1.29 is 57.0 Å². The summed E-state index contributed by atoms with van der Waals surface area (Å²) in [5.74, 6) is 1.55.